The van der Waals surface area contributed by atoms with Crippen LogP contribution in [0.15, 0.2) is 6.33 Å². The van der Waals surface area contributed by atoms with Gasteiger partial charge in [-0.25, -0.2) is 4.98 Å². The van der Waals surface area contributed by atoms with Crippen molar-refractivity contribution in [2.75, 3.05) is 5.32 Å². The molecule has 5 nitrogen and oxygen atoms in total. The van der Waals surface area contributed by atoms with Crippen LogP contribution in [0.1, 0.15) is 19.8 Å². The van der Waals surface area contributed by atoms with E-state index < -0.39 is 0 Å². The molecule has 0 aromatic carbocycles. The standard InChI is InChI=1S/C10H12ClN5/c1-5(6-2-3-6)14-9-7-8(13-4-12-7)15-10(11)16-9/h4-6H,2-3H2,1H3,(H2,12,13,14,15,16). The van der Waals surface area contributed by atoms with Gasteiger partial charge in [-0.05, 0) is 37.3 Å². The predicted octanol–water partition coefficient (Wildman–Crippen LogP) is 2.22. The summed E-state index contributed by atoms with van der Waals surface area (Å²) in [5, 5.41) is 3.59. The Morgan fingerprint density at radius 1 is 1.50 bits per heavy atom. The van der Waals surface area contributed by atoms with E-state index >= 15 is 0 Å². The van der Waals surface area contributed by atoms with Gasteiger partial charge < -0.3 is 10.3 Å². The summed E-state index contributed by atoms with van der Waals surface area (Å²) in [5.74, 6) is 1.50. The van der Waals surface area contributed by atoms with Crippen LogP contribution >= 0.6 is 11.6 Å². The molecule has 0 bridgehead atoms. The van der Waals surface area contributed by atoms with Crippen LogP contribution in [0.3, 0.4) is 0 Å². The summed E-state index contributed by atoms with van der Waals surface area (Å²) in [6.45, 7) is 2.16. The van der Waals surface area contributed by atoms with Crippen molar-refractivity contribution in [1.29, 1.82) is 0 Å². The first-order valence-electron chi connectivity index (χ1n) is 5.37. The number of aromatic nitrogens is 4. The minimum Gasteiger partial charge on any atom is -0.365 e. The van der Waals surface area contributed by atoms with E-state index in [-0.39, 0.29) is 5.28 Å². The smallest absolute Gasteiger partial charge is 0.226 e. The van der Waals surface area contributed by atoms with Crippen molar-refractivity contribution >= 4 is 28.6 Å². The molecule has 2 aromatic rings. The van der Waals surface area contributed by atoms with Crippen LogP contribution in [-0.2, 0) is 0 Å². The highest BCUT2D eigenvalue weighted by Gasteiger charge is 2.28. The normalized spacial score (nSPS) is 17.6. The number of aromatic amines is 1. The zero-order chi connectivity index (χ0) is 11.1. The van der Waals surface area contributed by atoms with Crippen LogP contribution in [0.4, 0.5) is 5.82 Å². The van der Waals surface area contributed by atoms with E-state index in [0.717, 1.165) is 17.3 Å². The molecule has 1 unspecified atom stereocenters. The van der Waals surface area contributed by atoms with E-state index in [4.69, 9.17) is 11.6 Å². The van der Waals surface area contributed by atoms with Crippen LogP contribution < -0.4 is 5.32 Å². The molecule has 1 aliphatic rings. The first kappa shape index (κ1) is 9.84. The van der Waals surface area contributed by atoms with Gasteiger partial charge in [-0.1, -0.05) is 0 Å². The van der Waals surface area contributed by atoms with E-state index in [1.165, 1.54) is 12.8 Å². The van der Waals surface area contributed by atoms with E-state index in [9.17, 15) is 0 Å². The minimum absolute atomic E-state index is 0.227. The first-order chi connectivity index (χ1) is 7.74. The summed E-state index contributed by atoms with van der Waals surface area (Å²) in [7, 11) is 0. The van der Waals surface area contributed by atoms with Crippen LogP contribution in [0.25, 0.3) is 11.2 Å². The third-order valence-electron chi connectivity index (χ3n) is 2.95. The molecule has 0 radical (unpaired) electrons. The van der Waals surface area contributed by atoms with Gasteiger partial charge >= 0.3 is 0 Å². The highest BCUT2D eigenvalue weighted by atomic mass is 35.5. The van der Waals surface area contributed by atoms with Crippen molar-refractivity contribution in [1.82, 2.24) is 19.9 Å². The number of hydrogen-bond acceptors (Lipinski definition) is 4. The lowest BCUT2D eigenvalue weighted by atomic mass is 10.2. The fourth-order valence-corrected chi connectivity index (χ4v) is 2.01. The molecular formula is C10H12ClN5. The van der Waals surface area contributed by atoms with Gasteiger partial charge in [-0.3, -0.25) is 0 Å². The van der Waals surface area contributed by atoms with E-state index in [1.807, 2.05) is 0 Å². The Hall–Kier alpha value is -1.36. The molecule has 2 aromatic heterocycles. The van der Waals surface area contributed by atoms with Gasteiger partial charge in [0.05, 0.1) is 6.33 Å². The highest BCUT2D eigenvalue weighted by molar-refractivity contribution is 6.28. The Morgan fingerprint density at radius 3 is 3.06 bits per heavy atom. The minimum atomic E-state index is 0.227. The summed E-state index contributed by atoms with van der Waals surface area (Å²) >= 11 is 5.84. The van der Waals surface area contributed by atoms with Crippen molar-refractivity contribution in [3.8, 4) is 0 Å². The van der Waals surface area contributed by atoms with Gasteiger partial charge in [0.15, 0.2) is 11.5 Å². The van der Waals surface area contributed by atoms with Gasteiger partial charge in [-0.15, -0.1) is 0 Å². The summed E-state index contributed by atoms with van der Waals surface area (Å²) in [6, 6.07) is 0.414. The zero-order valence-electron chi connectivity index (χ0n) is 8.87. The summed E-state index contributed by atoms with van der Waals surface area (Å²) < 4.78 is 0. The van der Waals surface area contributed by atoms with Crippen LogP contribution in [0, 0.1) is 5.92 Å². The van der Waals surface area contributed by atoms with E-state index in [0.29, 0.717) is 11.7 Å². The molecule has 16 heavy (non-hydrogen) atoms. The number of fused-ring (bicyclic) bond motifs is 1. The molecule has 84 valence electrons. The van der Waals surface area contributed by atoms with Crippen molar-refractivity contribution in [2.24, 2.45) is 5.92 Å². The number of nitrogens with zero attached hydrogens (tertiary/aromatic N) is 3. The molecule has 2 heterocycles. The molecular weight excluding hydrogens is 226 g/mol. The fraction of sp³-hybridized carbons (Fsp3) is 0.500. The second-order valence-corrected chi connectivity index (χ2v) is 4.55. The van der Waals surface area contributed by atoms with Crippen molar-refractivity contribution in [3.05, 3.63) is 11.6 Å². The van der Waals surface area contributed by atoms with Crippen molar-refractivity contribution in [3.63, 3.8) is 0 Å². The maximum absolute atomic E-state index is 5.84. The number of imidazole rings is 1. The first-order valence-corrected chi connectivity index (χ1v) is 5.75. The Morgan fingerprint density at radius 2 is 2.31 bits per heavy atom. The molecule has 0 aliphatic heterocycles. The highest BCUT2D eigenvalue weighted by Crippen LogP contribution is 2.34. The number of rotatable bonds is 3. The topological polar surface area (TPSA) is 66.5 Å². The second-order valence-electron chi connectivity index (χ2n) is 4.21. The Bertz CT molecular complexity index is 519. The quantitative estimate of drug-likeness (QED) is 0.804. The molecule has 6 heteroatoms. The van der Waals surface area contributed by atoms with Crippen LogP contribution in [0.5, 0.6) is 0 Å². The predicted molar refractivity (Wildman–Crippen MR) is 62.5 cm³/mol. The van der Waals surface area contributed by atoms with Gasteiger partial charge in [-0.2, -0.15) is 9.97 Å². The molecule has 1 saturated carbocycles. The third-order valence-corrected chi connectivity index (χ3v) is 3.12. The second kappa shape index (κ2) is 3.59. The summed E-state index contributed by atoms with van der Waals surface area (Å²) in [6.07, 6.45) is 4.18. The lowest BCUT2D eigenvalue weighted by Crippen LogP contribution is -2.18. The van der Waals surface area contributed by atoms with Crippen LogP contribution in [0.2, 0.25) is 5.28 Å². The zero-order valence-corrected chi connectivity index (χ0v) is 9.62. The average Bonchev–Trinajstić information content (AvgIpc) is 2.98. The number of anilines is 1. The van der Waals surface area contributed by atoms with Crippen molar-refractivity contribution < 1.29 is 0 Å². The van der Waals surface area contributed by atoms with Crippen LogP contribution in [-0.4, -0.2) is 26.0 Å². The summed E-state index contributed by atoms with van der Waals surface area (Å²) in [5.41, 5.74) is 1.42. The number of nitrogens with one attached hydrogen (secondary N) is 2. The van der Waals surface area contributed by atoms with Gasteiger partial charge in [0.2, 0.25) is 5.28 Å². The number of halogens is 1. The molecule has 1 fully saturated rings. The molecule has 0 amide bonds. The van der Waals surface area contributed by atoms with Gasteiger partial charge in [0, 0.05) is 6.04 Å². The lowest BCUT2D eigenvalue weighted by molar-refractivity contribution is 0.691. The molecule has 3 rings (SSSR count). The SMILES string of the molecule is CC(Nc1nc(Cl)nc2nc[nH]c12)C1CC1. The fourth-order valence-electron chi connectivity index (χ4n) is 1.84. The monoisotopic (exact) mass is 237 g/mol. The molecule has 1 aliphatic carbocycles. The van der Waals surface area contributed by atoms with Gasteiger partial charge in [0.1, 0.15) is 5.52 Å². The Kier molecular flexibility index (Phi) is 2.21. The third kappa shape index (κ3) is 1.71. The Labute approximate surface area is 97.7 Å². The largest absolute Gasteiger partial charge is 0.365 e. The van der Waals surface area contributed by atoms with E-state index in [2.05, 4.69) is 32.2 Å². The maximum atomic E-state index is 5.84. The average molecular weight is 238 g/mol. The number of hydrogen-bond donors (Lipinski definition) is 2. The maximum Gasteiger partial charge on any atom is 0.226 e. The number of H-pyrrole nitrogens is 1. The molecule has 0 spiro atoms. The van der Waals surface area contributed by atoms with E-state index in [1.54, 1.807) is 6.33 Å². The molecule has 2 N–H and O–H groups in total. The van der Waals surface area contributed by atoms with Gasteiger partial charge in [0.25, 0.3) is 0 Å². The molecule has 0 saturated heterocycles. The summed E-state index contributed by atoms with van der Waals surface area (Å²) in [4.78, 5) is 15.3. The Balaban J connectivity index is 1.97. The molecule has 1 atom stereocenters. The lowest BCUT2D eigenvalue weighted by Gasteiger charge is -2.13. The van der Waals surface area contributed by atoms with Crippen molar-refractivity contribution in [2.45, 2.75) is 25.8 Å².